The summed E-state index contributed by atoms with van der Waals surface area (Å²) in [5.41, 5.74) is -5.53. The highest BCUT2D eigenvalue weighted by Gasteiger charge is 2.83. The molecule has 0 aromatic heterocycles. The van der Waals surface area contributed by atoms with Gasteiger partial charge in [-0.25, -0.2) is 4.79 Å². The number of nitrogens with zero attached hydrogens (tertiary/aromatic N) is 1. The number of Topliss-reactive ketones (excluding diaryl/α,β-unsaturated/α-hetero) is 1. The van der Waals surface area contributed by atoms with Crippen molar-refractivity contribution in [2.45, 2.75) is 129 Å². The maximum absolute atomic E-state index is 14.8. The summed E-state index contributed by atoms with van der Waals surface area (Å²) in [7, 11) is 0. The van der Waals surface area contributed by atoms with E-state index in [4.69, 9.17) is 9.47 Å². The van der Waals surface area contributed by atoms with Gasteiger partial charge >= 0.3 is 11.9 Å². The van der Waals surface area contributed by atoms with E-state index in [1.54, 1.807) is 19.9 Å². The Kier molecular flexibility index (Phi) is 10.8. The second-order valence-electron chi connectivity index (χ2n) is 15.6. The van der Waals surface area contributed by atoms with Crippen molar-refractivity contribution in [2.75, 3.05) is 6.61 Å². The van der Waals surface area contributed by atoms with Gasteiger partial charge in [-0.05, 0) is 49.0 Å². The maximum atomic E-state index is 14.8. The first-order chi connectivity index (χ1) is 23.6. The Labute approximate surface area is 294 Å². The van der Waals surface area contributed by atoms with Crippen LogP contribution in [0, 0.1) is 38.7 Å². The minimum atomic E-state index is -2.38. The van der Waals surface area contributed by atoms with Crippen LogP contribution in [-0.2, 0) is 19.1 Å². The van der Waals surface area contributed by atoms with Crippen LogP contribution in [0.2, 0.25) is 0 Å². The molecule has 0 aliphatic heterocycles. The quantitative estimate of drug-likeness (QED) is 0.0633. The number of rotatable bonds is 15. The standard InChI is InChI=1S/C39H53NO10/c1-6-7-8-9-10-11-12-13-14-15-30(41)50-38-22-25(3)37-21-24(2)32(42)39(37,46)33(43)27(20-29(34(37)44)31(38)36(38,4)5)23-49-35(45)26-16-18-28(19-17-26)40(47)48/h16-21,25,29,31-33,42-43,46H,6-15,22-23H2,1-5H3/t25-,29+,31-,32+,33-,37+,38+,39-/m1/s1. The average molecular weight is 696 g/mol. The third-order valence-electron chi connectivity index (χ3n) is 12.3. The Bertz CT molecular complexity index is 1550. The number of aliphatic hydroxyl groups excluding tert-OH is 2. The number of benzene rings is 1. The van der Waals surface area contributed by atoms with E-state index in [9.17, 15) is 39.8 Å². The smallest absolute Gasteiger partial charge is 0.338 e. The summed E-state index contributed by atoms with van der Waals surface area (Å²) in [6, 6.07) is 4.84. The van der Waals surface area contributed by atoms with Crippen molar-refractivity contribution >= 4 is 23.4 Å². The molecule has 3 N–H and O–H groups in total. The Morgan fingerprint density at radius 2 is 1.58 bits per heavy atom. The van der Waals surface area contributed by atoms with Gasteiger partial charge in [0, 0.05) is 35.8 Å². The molecule has 0 radical (unpaired) electrons. The zero-order valence-corrected chi connectivity index (χ0v) is 30.0. The molecule has 1 spiro atoms. The number of nitro benzene ring substituents is 1. The molecule has 5 rings (SSSR count). The van der Waals surface area contributed by atoms with Gasteiger partial charge in [-0.1, -0.05) is 91.2 Å². The molecule has 11 nitrogen and oxygen atoms in total. The molecule has 50 heavy (non-hydrogen) atoms. The molecule has 1 aromatic rings. The summed E-state index contributed by atoms with van der Waals surface area (Å²) in [6.07, 6.45) is 10.3. The molecule has 274 valence electrons. The summed E-state index contributed by atoms with van der Waals surface area (Å²) in [4.78, 5) is 51.7. The molecule has 0 amide bonds. The van der Waals surface area contributed by atoms with Gasteiger partial charge < -0.3 is 24.8 Å². The van der Waals surface area contributed by atoms with Crippen LogP contribution in [0.4, 0.5) is 5.69 Å². The van der Waals surface area contributed by atoms with Crippen molar-refractivity contribution < 1.29 is 44.1 Å². The molecule has 11 heteroatoms. The van der Waals surface area contributed by atoms with Crippen molar-refractivity contribution in [1.82, 2.24) is 0 Å². The van der Waals surface area contributed by atoms with Gasteiger partial charge in [0.05, 0.1) is 15.9 Å². The van der Waals surface area contributed by atoms with Crippen LogP contribution >= 0.6 is 0 Å². The van der Waals surface area contributed by atoms with Crippen LogP contribution in [-0.4, -0.2) is 68.0 Å². The van der Waals surface area contributed by atoms with E-state index in [1.807, 2.05) is 13.8 Å². The lowest BCUT2D eigenvalue weighted by Crippen LogP contribution is -2.65. The summed E-state index contributed by atoms with van der Waals surface area (Å²) in [5.74, 6) is -3.60. The number of ketones is 1. The van der Waals surface area contributed by atoms with Crippen LogP contribution < -0.4 is 0 Å². The van der Waals surface area contributed by atoms with Crippen LogP contribution in [0.5, 0.6) is 0 Å². The average Bonchev–Trinajstić information content (AvgIpc) is 3.49. The van der Waals surface area contributed by atoms with Crippen molar-refractivity contribution in [3.8, 4) is 0 Å². The van der Waals surface area contributed by atoms with E-state index in [-0.39, 0.29) is 41.4 Å². The first kappa shape index (κ1) is 37.8. The van der Waals surface area contributed by atoms with Gasteiger partial charge in [-0.3, -0.25) is 19.7 Å². The number of allylic oxidation sites excluding steroid dienone is 1. The third kappa shape index (κ3) is 6.13. The second-order valence-corrected chi connectivity index (χ2v) is 15.6. The Morgan fingerprint density at radius 1 is 0.980 bits per heavy atom. The van der Waals surface area contributed by atoms with Gasteiger partial charge in [0.15, 0.2) is 5.78 Å². The van der Waals surface area contributed by atoms with E-state index < -0.39 is 69.5 Å². The third-order valence-corrected chi connectivity index (χ3v) is 12.3. The van der Waals surface area contributed by atoms with Crippen LogP contribution in [0.1, 0.15) is 116 Å². The van der Waals surface area contributed by atoms with Gasteiger partial charge in [0.25, 0.3) is 5.69 Å². The fourth-order valence-electron chi connectivity index (χ4n) is 9.50. The lowest BCUT2D eigenvalue weighted by atomic mass is 9.59. The zero-order valence-electron chi connectivity index (χ0n) is 30.0. The molecule has 0 heterocycles. The van der Waals surface area contributed by atoms with Gasteiger partial charge in [-0.15, -0.1) is 0 Å². The highest BCUT2D eigenvalue weighted by Crippen LogP contribution is 2.75. The van der Waals surface area contributed by atoms with Gasteiger partial charge in [0.1, 0.15) is 30.0 Å². The molecular formula is C39H53NO10. The molecule has 1 aromatic carbocycles. The van der Waals surface area contributed by atoms with Crippen molar-refractivity contribution in [1.29, 1.82) is 0 Å². The first-order valence-electron chi connectivity index (χ1n) is 18.3. The monoisotopic (exact) mass is 695 g/mol. The number of fused-ring (bicyclic) bond motifs is 3. The number of hydrogen-bond acceptors (Lipinski definition) is 10. The second kappa shape index (κ2) is 14.3. The fourth-order valence-corrected chi connectivity index (χ4v) is 9.50. The van der Waals surface area contributed by atoms with Crippen molar-refractivity contribution in [2.24, 2.45) is 28.6 Å². The van der Waals surface area contributed by atoms with Gasteiger partial charge in [0.2, 0.25) is 0 Å². The highest BCUT2D eigenvalue weighted by molar-refractivity contribution is 5.96. The van der Waals surface area contributed by atoms with Crippen molar-refractivity contribution in [3.63, 3.8) is 0 Å². The number of ether oxygens (including phenoxy) is 2. The van der Waals surface area contributed by atoms with Crippen LogP contribution in [0.25, 0.3) is 0 Å². The fraction of sp³-hybridized carbons (Fsp3) is 0.667. The maximum Gasteiger partial charge on any atom is 0.338 e. The number of non-ortho nitro benzene ring substituents is 1. The summed E-state index contributed by atoms with van der Waals surface area (Å²) in [5, 5.41) is 46.7. The minimum Gasteiger partial charge on any atom is -0.458 e. The number of hydrogen-bond donors (Lipinski definition) is 3. The molecule has 2 fully saturated rings. The molecule has 4 aliphatic rings. The lowest BCUT2D eigenvalue weighted by molar-refractivity contribution is -0.384. The van der Waals surface area contributed by atoms with Crippen molar-refractivity contribution in [3.05, 3.63) is 63.2 Å². The SMILES string of the molecule is CCCCCCCCCCCC(=O)O[C@@]12C[C@@H](C)[C@]34C=C(C)[C@H](O)[C@@]3(O)[C@H](O)C(COC(=O)c3ccc([N+](=O)[O-])cc3)=C[C@H](C4=O)[C@@H]1C2(C)C. The number of nitro groups is 1. The molecule has 0 saturated heterocycles. The zero-order chi connectivity index (χ0) is 36.6. The first-order valence-corrected chi connectivity index (χ1v) is 18.3. The van der Waals surface area contributed by atoms with E-state index in [0.717, 1.165) is 19.3 Å². The topological polar surface area (TPSA) is 174 Å². The van der Waals surface area contributed by atoms with E-state index in [1.165, 1.54) is 62.4 Å². The predicted molar refractivity (Wildman–Crippen MR) is 185 cm³/mol. The number of carbonyl (C=O) groups is 3. The molecule has 8 atom stereocenters. The van der Waals surface area contributed by atoms with E-state index in [2.05, 4.69) is 6.92 Å². The molecule has 2 saturated carbocycles. The summed E-state index contributed by atoms with van der Waals surface area (Å²) < 4.78 is 11.9. The number of esters is 2. The highest BCUT2D eigenvalue weighted by atomic mass is 16.6. The Balaban J connectivity index is 1.38. The van der Waals surface area contributed by atoms with E-state index in [0.29, 0.717) is 12.0 Å². The molecule has 2 bridgehead atoms. The number of unbranched alkanes of at least 4 members (excludes halogenated alkanes) is 8. The number of aliphatic hydroxyl groups is 3. The normalized spacial score (nSPS) is 33.6. The van der Waals surface area contributed by atoms with Crippen LogP contribution in [0.15, 0.2) is 47.6 Å². The minimum absolute atomic E-state index is 0.0365. The molecular weight excluding hydrogens is 642 g/mol. The molecule has 4 aliphatic carbocycles. The summed E-state index contributed by atoms with van der Waals surface area (Å²) in [6.45, 7) is 9.00. The van der Waals surface area contributed by atoms with E-state index >= 15 is 0 Å². The Morgan fingerprint density at radius 3 is 2.18 bits per heavy atom. The number of carbonyl (C=O) groups excluding carboxylic acids is 3. The van der Waals surface area contributed by atoms with Crippen LogP contribution in [0.3, 0.4) is 0 Å². The molecule has 0 unspecified atom stereocenters. The predicted octanol–water partition coefficient (Wildman–Crippen LogP) is 6.17. The van der Waals surface area contributed by atoms with Gasteiger partial charge in [-0.2, -0.15) is 0 Å². The summed E-state index contributed by atoms with van der Waals surface area (Å²) >= 11 is 0. The Hall–Kier alpha value is -3.41. The largest absolute Gasteiger partial charge is 0.458 e. The lowest BCUT2D eigenvalue weighted by Gasteiger charge is -2.48.